The third kappa shape index (κ3) is 4.11. The molecule has 0 bridgehead atoms. The Morgan fingerprint density at radius 2 is 2.15 bits per heavy atom. The fourth-order valence-electron chi connectivity index (χ4n) is 3.34. The molecule has 0 saturated carbocycles. The fourth-order valence-corrected chi connectivity index (χ4v) is 3.34. The van der Waals surface area contributed by atoms with E-state index in [1.165, 1.54) is 7.11 Å². The van der Waals surface area contributed by atoms with Crippen molar-refractivity contribution in [3.8, 4) is 6.07 Å². The van der Waals surface area contributed by atoms with Gasteiger partial charge in [0, 0.05) is 19.6 Å². The number of nitrogens with zero attached hydrogens (tertiary/aromatic N) is 4. The van der Waals surface area contributed by atoms with Crippen molar-refractivity contribution in [1.29, 1.82) is 5.26 Å². The van der Waals surface area contributed by atoms with Gasteiger partial charge >= 0.3 is 12.0 Å². The van der Waals surface area contributed by atoms with Gasteiger partial charge in [0.2, 0.25) is 11.8 Å². The average Bonchev–Trinajstić information content (AvgIpc) is 3.17. The van der Waals surface area contributed by atoms with Crippen LogP contribution in [-0.4, -0.2) is 90.4 Å². The predicted molar refractivity (Wildman–Crippen MR) is 88.5 cm³/mol. The highest BCUT2D eigenvalue weighted by Gasteiger charge is 2.45. The molecule has 0 aromatic heterocycles. The van der Waals surface area contributed by atoms with Crippen molar-refractivity contribution in [2.45, 2.75) is 31.8 Å². The first-order chi connectivity index (χ1) is 12.4. The summed E-state index contributed by atoms with van der Waals surface area (Å²) >= 11 is 0. The van der Waals surface area contributed by atoms with E-state index in [4.69, 9.17) is 10.00 Å². The number of esters is 1. The van der Waals surface area contributed by atoms with E-state index < -0.39 is 24.1 Å². The first-order valence-corrected chi connectivity index (χ1v) is 8.49. The molecule has 26 heavy (non-hydrogen) atoms. The number of hydrogen-bond acceptors (Lipinski definition) is 7. The SMILES string of the molecule is CCN(CCC#N)C(=O)CN1C[C@@H](N2C(=O)CNC2=O)C[C@H]1C(=O)OC. The maximum Gasteiger partial charge on any atom is 0.324 e. The molecular formula is C16H23N5O5. The summed E-state index contributed by atoms with van der Waals surface area (Å²) < 4.78 is 4.81. The summed E-state index contributed by atoms with van der Waals surface area (Å²) in [5.74, 6) is -1.07. The Morgan fingerprint density at radius 1 is 1.42 bits per heavy atom. The Hall–Kier alpha value is -2.67. The Bertz CT molecular complexity index is 615. The van der Waals surface area contributed by atoms with Gasteiger partial charge in [-0.25, -0.2) is 4.79 Å². The fraction of sp³-hybridized carbons (Fsp3) is 0.688. The number of amides is 4. The molecule has 142 valence electrons. The number of carbonyl (C=O) groups is 4. The molecule has 2 rings (SSSR count). The number of ether oxygens (including phenoxy) is 1. The van der Waals surface area contributed by atoms with E-state index in [0.29, 0.717) is 13.1 Å². The van der Waals surface area contributed by atoms with Crippen molar-refractivity contribution in [2.24, 2.45) is 0 Å². The first kappa shape index (κ1) is 19.7. The van der Waals surface area contributed by atoms with E-state index in [9.17, 15) is 19.2 Å². The van der Waals surface area contributed by atoms with Gasteiger partial charge in [0.1, 0.15) is 6.04 Å². The lowest BCUT2D eigenvalue weighted by Crippen LogP contribution is -2.46. The average molecular weight is 365 g/mol. The molecule has 0 aliphatic carbocycles. The van der Waals surface area contributed by atoms with Crippen LogP contribution in [0.4, 0.5) is 4.79 Å². The van der Waals surface area contributed by atoms with Crippen LogP contribution in [0.3, 0.4) is 0 Å². The van der Waals surface area contributed by atoms with Gasteiger partial charge in [0.05, 0.1) is 38.7 Å². The van der Waals surface area contributed by atoms with Gasteiger partial charge in [-0.2, -0.15) is 5.26 Å². The van der Waals surface area contributed by atoms with Gasteiger partial charge in [-0.05, 0) is 13.3 Å². The molecule has 10 heteroatoms. The van der Waals surface area contributed by atoms with E-state index in [1.54, 1.807) is 9.80 Å². The van der Waals surface area contributed by atoms with Crippen molar-refractivity contribution >= 4 is 23.8 Å². The molecule has 2 fully saturated rings. The lowest BCUT2D eigenvalue weighted by atomic mass is 10.1. The number of urea groups is 1. The number of rotatable bonds is 7. The number of nitriles is 1. The number of imide groups is 1. The molecule has 1 N–H and O–H groups in total. The second-order valence-electron chi connectivity index (χ2n) is 6.16. The summed E-state index contributed by atoms with van der Waals surface area (Å²) in [4.78, 5) is 52.7. The third-order valence-corrected chi connectivity index (χ3v) is 4.66. The number of hydrogen-bond donors (Lipinski definition) is 1. The van der Waals surface area contributed by atoms with Crippen LogP contribution in [0.25, 0.3) is 0 Å². The monoisotopic (exact) mass is 365 g/mol. The second kappa shape index (κ2) is 8.62. The summed E-state index contributed by atoms with van der Waals surface area (Å²) in [6.07, 6.45) is 0.453. The van der Waals surface area contributed by atoms with Gasteiger partial charge < -0.3 is 15.0 Å². The minimum Gasteiger partial charge on any atom is -0.468 e. The second-order valence-corrected chi connectivity index (χ2v) is 6.16. The molecule has 0 aromatic carbocycles. The molecule has 4 amide bonds. The molecule has 2 atom stereocenters. The minimum atomic E-state index is -0.704. The standard InChI is InChI=1S/C16H23N5O5/c1-3-19(6-4-5-17)14(23)10-20-9-11(7-12(20)15(24)26-2)21-13(22)8-18-16(21)25/h11-12H,3-4,6-10H2,1-2H3,(H,18,25)/t11-,12-/m0/s1. The maximum atomic E-state index is 12.5. The molecule has 10 nitrogen and oxygen atoms in total. The minimum absolute atomic E-state index is 0.0425. The highest BCUT2D eigenvalue weighted by atomic mass is 16.5. The molecule has 2 aliphatic rings. The molecule has 0 spiro atoms. The number of nitrogens with one attached hydrogen (secondary N) is 1. The Balaban J connectivity index is 2.10. The van der Waals surface area contributed by atoms with E-state index >= 15 is 0 Å². The molecule has 2 aliphatic heterocycles. The topological polar surface area (TPSA) is 123 Å². The van der Waals surface area contributed by atoms with Gasteiger partial charge in [-0.15, -0.1) is 0 Å². The van der Waals surface area contributed by atoms with E-state index in [2.05, 4.69) is 5.32 Å². The van der Waals surface area contributed by atoms with Crippen LogP contribution < -0.4 is 5.32 Å². The zero-order chi connectivity index (χ0) is 19.3. The Kier molecular flexibility index (Phi) is 6.52. The third-order valence-electron chi connectivity index (χ3n) is 4.66. The molecule has 2 heterocycles. The van der Waals surface area contributed by atoms with Crippen LogP contribution in [0.15, 0.2) is 0 Å². The summed E-state index contributed by atoms with van der Waals surface area (Å²) in [7, 11) is 1.26. The molecule has 0 unspecified atom stereocenters. The molecule has 0 aromatic rings. The number of carbonyl (C=O) groups excluding carboxylic acids is 4. The number of methoxy groups -OCH3 is 1. The highest BCUT2D eigenvalue weighted by Crippen LogP contribution is 2.25. The van der Waals surface area contributed by atoms with Gasteiger partial charge in [-0.1, -0.05) is 0 Å². The van der Waals surface area contributed by atoms with E-state index in [1.807, 2.05) is 13.0 Å². The number of likely N-dealkylation sites (N-methyl/N-ethyl adjacent to an activating group) is 1. The Morgan fingerprint density at radius 3 is 2.69 bits per heavy atom. The number of likely N-dealkylation sites (tertiary alicyclic amines) is 1. The molecule has 0 radical (unpaired) electrons. The van der Waals surface area contributed by atoms with Crippen LogP contribution in [0.2, 0.25) is 0 Å². The van der Waals surface area contributed by atoms with Crippen LogP contribution in [0.5, 0.6) is 0 Å². The van der Waals surface area contributed by atoms with E-state index in [0.717, 1.165) is 4.90 Å². The predicted octanol–water partition coefficient (Wildman–Crippen LogP) is -1.08. The van der Waals surface area contributed by atoms with E-state index in [-0.39, 0.29) is 44.3 Å². The summed E-state index contributed by atoms with van der Waals surface area (Å²) in [6, 6.07) is 0.322. The largest absolute Gasteiger partial charge is 0.468 e. The van der Waals surface area contributed by atoms with Crippen molar-refractivity contribution in [3.05, 3.63) is 0 Å². The lowest BCUT2D eigenvalue weighted by molar-refractivity contribution is -0.147. The highest BCUT2D eigenvalue weighted by molar-refractivity contribution is 6.02. The van der Waals surface area contributed by atoms with Crippen molar-refractivity contribution in [3.63, 3.8) is 0 Å². The smallest absolute Gasteiger partial charge is 0.324 e. The quantitative estimate of drug-likeness (QED) is 0.449. The zero-order valence-corrected chi connectivity index (χ0v) is 14.9. The van der Waals surface area contributed by atoms with Crippen molar-refractivity contribution < 1.29 is 23.9 Å². The lowest BCUT2D eigenvalue weighted by Gasteiger charge is -2.26. The Labute approximate surface area is 151 Å². The maximum absolute atomic E-state index is 12.5. The van der Waals surface area contributed by atoms with Crippen molar-refractivity contribution in [1.82, 2.24) is 20.0 Å². The van der Waals surface area contributed by atoms with Crippen LogP contribution in [0, 0.1) is 11.3 Å². The summed E-state index contributed by atoms with van der Waals surface area (Å²) in [6.45, 7) is 2.70. The summed E-state index contributed by atoms with van der Waals surface area (Å²) in [5.41, 5.74) is 0. The molecular weight excluding hydrogens is 342 g/mol. The van der Waals surface area contributed by atoms with Gasteiger partial charge in [-0.3, -0.25) is 24.2 Å². The van der Waals surface area contributed by atoms with Gasteiger partial charge in [0.15, 0.2) is 0 Å². The van der Waals surface area contributed by atoms with Crippen LogP contribution in [0.1, 0.15) is 19.8 Å². The van der Waals surface area contributed by atoms with Crippen LogP contribution >= 0.6 is 0 Å². The summed E-state index contributed by atoms with van der Waals surface area (Å²) in [5, 5.41) is 11.2. The first-order valence-electron chi connectivity index (χ1n) is 8.49. The molecule has 2 saturated heterocycles. The van der Waals surface area contributed by atoms with Crippen molar-refractivity contribution in [2.75, 3.05) is 39.8 Å². The van der Waals surface area contributed by atoms with Crippen LogP contribution in [-0.2, 0) is 19.1 Å². The zero-order valence-electron chi connectivity index (χ0n) is 14.9. The normalized spacial score (nSPS) is 22.9. The van der Waals surface area contributed by atoms with Gasteiger partial charge in [0.25, 0.3) is 0 Å².